The normalized spacial score (nSPS) is 9.46. The van der Waals surface area contributed by atoms with E-state index >= 15 is 0 Å². The monoisotopic (exact) mass is 187 g/mol. The number of carbonyl (C=O) groups excluding carboxylic acids is 1. The Kier molecular flexibility index (Phi) is 2.82. The first kappa shape index (κ1) is 9.48. The molecular formula is C8H4F3NO. The summed E-state index contributed by atoms with van der Waals surface area (Å²) in [5.74, 6) is -3.37. The highest BCUT2D eigenvalue weighted by Gasteiger charge is 2.08. The fraction of sp³-hybridized carbons (Fsp3) is 0.125. The molecule has 1 aromatic rings. The van der Waals surface area contributed by atoms with Crippen molar-refractivity contribution in [3.8, 4) is 0 Å². The predicted molar refractivity (Wildman–Crippen MR) is 38.1 cm³/mol. The fourth-order valence-electron chi connectivity index (χ4n) is 0.802. The number of halogens is 3. The van der Waals surface area contributed by atoms with Gasteiger partial charge in [0.15, 0.2) is 11.6 Å². The van der Waals surface area contributed by atoms with E-state index in [0.717, 1.165) is 0 Å². The SMILES string of the molecule is O=C=NCc1cc(F)c(F)cc1F. The van der Waals surface area contributed by atoms with E-state index < -0.39 is 17.5 Å². The summed E-state index contributed by atoms with van der Waals surface area (Å²) in [6.07, 6.45) is 1.17. The quantitative estimate of drug-likeness (QED) is 0.395. The Bertz CT molecular complexity index is 372. The van der Waals surface area contributed by atoms with Crippen LogP contribution in [0.1, 0.15) is 5.56 Å². The smallest absolute Gasteiger partial charge is 0.211 e. The van der Waals surface area contributed by atoms with Gasteiger partial charge in [0, 0.05) is 11.6 Å². The summed E-state index contributed by atoms with van der Waals surface area (Å²) < 4.78 is 37.6. The molecular weight excluding hydrogens is 183 g/mol. The lowest BCUT2D eigenvalue weighted by molar-refractivity contribution is 0.490. The minimum atomic E-state index is -1.27. The first-order valence-corrected chi connectivity index (χ1v) is 3.32. The number of rotatable bonds is 2. The predicted octanol–water partition coefficient (Wildman–Crippen LogP) is 1.94. The molecule has 0 aliphatic rings. The molecule has 0 aliphatic heterocycles. The Morgan fingerprint density at radius 3 is 2.38 bits per heavy atom. The molecule has 0 atom stereocenters. The van der Waals surface area contributed by atoms with Gasteiger partial charge < -0.3 is 0 Å². The van der Waals surface area contributed by atoms with Gasteiger partial charge in [-0.1, -0.05) is 0 Å². The second-order valence-corrected chi connectivity index (χ2v) is 2.27. The molecule has 5 heteroatoms. The van der Waals surface area contributed by atoms with Crippen molar-refractivity contribution < 1.29 is 18.0 Å². The molecule has 13 heavy (non-hydrogen) atoms. The summed E-state index contributed by atoms with van der Waals surface area (Å²) in [5, 5.41) is 0. The van der Waals surface area contributed by atoms with Crippen LogP contribution in [0.3, 0.4) is 0 Å². The first-order valence-electron chi connectivity index (χ1n) is 3.32. The molecule has 68 valence electrons. The van der Waals surface area contributed by atoms with Gasteiger partial charge in [-0.2, -0.15) is 0 Å². The average molecular weight is 187 g/mol. The summed E-state index contributed by atoms with van der Waals surface area (Å²) in [4.78, 5) is 12.7. The van der Waals surface area contributed by atoms with E-state index in [1.54, 1.807) is 0 Å². The second-order valence-electron chi connectivity index (χ2n) is 2.27. The van der Waals surface area contributed by atoms with E-state index in [1.165, 1.54) is 6.08 Å². The van der Waals surface area contributed by atoms with Gasteiger partial charge in [0.25, 0.3) is 0 Å². The maximum absolute atomic E-state index is 12.8. The van der Waals surface area contributed by atoms with E-state index in [-0.39, 0.29) is 12.1 Å². The van der Waals surface area contributed by atoms with Gasteiger partial charge in [-0.3, -0.25) is 0 Å². The van der Waals surface area contributed by atoms with Crippen molar-refractivity contribution in [2.24, 2.45) is 4.99 Å². The van der Waals surface area contributed by atoms with Crippen LogP contribution in [0.2, 0.25) is 0 Å². The molecule has 0 aliphatic carbocycles. The number of nitrogens with zero attached hydrogens (tertiary/aromatic N) is 1. The lowest BCUT2D eigenvalue weighted by Gasteiger charge is -1.98. The summed E-state index contributed by atoms with van der Waals surface area (Å²) in [6.45, 7) is -0.341. The van der Waals surface area contributed by atoms with Crippen molar-refractivity contribution in [2.75, 3.05) is 0 Å². The number of benzene rings is 1. The van der Waals surface area contributed by atoms with Crippen LogP contribution in [0.5, 0.6) is 0 Å². The average Bonchev–Trinajstić information content (AvgIpc) is 2.09. The molecule has 2 nitrogen and oxygen atoms in total. The number of hydrogen-bond donors (Lipinski definition) is 0. The van der Waals surface area contributed by atoms with Gasteiger partial charge in [-0.05, 0) is 6.07 Å². The molecule has 0 heterocycles. The molecule has 0 fully saturated rings. The van der Waals surface area contributed by atoms with Gasteiger partial charge in [0.1, 0.15) is 5.82 Å². The molecule has 0 saturated carbocycles. The van der Waals surface area contributed by atoms with Crippen molar-refractivity contribution in [1.82, 2.24) is 0 Å². The van der Waals surface area contributed by atoms with Crippen molar-refractivity contribution >= 4 is 6.08 Å². The molecule has 1 aromatic carbocycles. The zero-order chi connectivity index (χ0) is 9.84. The highest BCUT2D eigenvalue weighted by atomic mass is 19.2. The summed E-state index contributed by atoms with van der Waals surface area (Å²) in [7, 11) is 0. The van der Waals surface area contributed by atoms with Gasteiger partial charge in [-0.15, -0.1) is 0 Å². The summed E-state index contributed by atoms with van der Waals surface area (Å²) >= 11 is 0. The van der Waals surface area contributed by atoms with Crippen molar-refractivity contribution in [3.63, 3.8) is 0 Å². The lowest BCUT2D eigenvalue weighted by Crippen LogP contribution is -1.93. The third kappa shape index (κ3) is 2.16. The molecule has 0 saturated heterocycles. The van der Waals surface area contributed by atoms with Gasteiger partial charge in [0.2, 0.25) is 6.08 Å². The van der Waals surface area contributed by atoms with E-state index in [1.807, 2.05) is 0 Å². The van der Waals surface area contributed by atoms with Gasteiger partial charge in [-0.25, -0.2) is 23.0 Å². The number of hydrogen-bond acceptors (Lipinski definition) is 2. The third-order valence-electron chi connectivity index (χ3n) is 1.40. The first-order chi connectivity index (χ1) is 6.15. The molecule has 0 spiro atoms. The van der Waals surface area contributed by atoms with Crippen LogP contribution in [0.25, 0.3) is 0 Å². The van der Waals surface area contributed by atoms with Gasteiger partial charge in [0.05, 0.1) is 6.54 Å². The lowest BCUT2D eigenvalue weighted by atomic mass is 10.2. The van der Waals surface area contributed by atoms with Crippen LogP contribution in [0.4, 0.5) is 13.2 Å². The second kappa shape index (κ2) is 3.87. The van der Waals surface area contributed by atoms with Gasteiger partial charge >= 0.3 is 0 Å². The Morgan fingerprint density at radius 2 is 1.77 bits per heavy atom. The largest absolute Gasteiger partial charge is 0.235 e. The van der Waals surface area contributed by atoms with Crippen LogP contribution in [-0.2, 0) is 11.3 Å². The minimum Gasteiger partial charge on any atom is -0.211 e. The minimum absolute atomic E-state index is 0.178. The Labute approximate surface area is 71.7 Å². The highest BCUT2D eigenvalue weighted by molar-refractivity contribution is 5.34. The van der Waals surface area contributed by atoms with E-state index in [0.29, 0.717) is 12.1 Å². The van der Waals surface area contributed by atoms with Crippen molar-refractivity contribution in [1.29, 1.82) is 0 Å². The Balaban J connectivity index is 3.07. The molecule has 0 radical (unpaired) electrons. The van der Waals surface area contributed by atoms with Crippen molar-refractivity contribution in [2.45, 2.75) is 6.54 Å². The van der Waals surface area contributed by atoms with E-state index in [9.17, 15) is 18.0 Å². The standard InChI is InChI=1S/C8H4F3NO/c9-6-2-8(11)7(10)1-5(6)3-12-4-13/h1-2H,3H2. The zero-order valence-corrected chi connectivity index (χ0v) is 6.35. The van der Waals surface area contributed by atoms with Crippen LogP contribution in [-0.4, -0.2) is 6.08 Å². The topological polar surface area (TPSA) is 29.4 Å². The Hall–Kier alpha value is -1.61. The zero-order valence-electron chi connectivity index (χ0n) is 6.35. The fourth-order valence-corrected chi connectivity index (χ4v) is 0.802. The molecule has 1 rings (SSSR count). The molecule has 0 amide bonds. The van der Waals surface area contributed by atoms with Crippen LogP contribution in [0, 0.1) is 17.5 Å². The molecule has 0 unspecified atom stereocenters. The third-order valence-corrected chi connectivity index (χ3v) is 1.40. The number of aliphatic imine (C=N–C) groups is 1. The van der Waals surface area contributed by atoms with E-state index in [4.69, 9.17) is 0 Å². The summed E-state index contributed by atoms with van der Waals surface area (Å²) in [6, 6.07) is 1.07. The molecule has 0 N–H and O–H groups in total. The summed E-state index contributed by atoms with van der Waals surface area (Å²) in [5.41, 5.74) is -0.178. The van der Waals surface area contributed by atoms with Crippen LogP contribution >= 0.6 is 0 Å². The van der Waals surface area contributed by atoms with Crippen LogP contribution < -0.4 is 0 Å². The van der Waals surface area contributed by atoms with E-state index in [2.05, 4.69) is 4.99 Å². The van der Waals surface area contributed by atoms with Crippen molar-refractivity contribution in [3.05, 3.63) is 35.1 Å². The highest BCUT2D eigenvalue weighted by Crippen LogP contribution is 2.14. The Morgan fingerprint density at radius 1 is 1.15 bits per heavy atom. The molecule has 0 aromatic heterocycles. The van der Waals surface area contributed by atoms with Crippen LogP contribution in [0.15, 0.2) is 17.1 Å². The molecule has 0 bridgehead atoms. The number of isocyanates is 1. The maximum atomic E-state index is 12.8. The maximum Gasteiger partial charge on any atom is 0.235 e.